The molecule has 0 aliphatic carbocycles. The van der Waals surface area contributed by atoms with Crippen molar-refractivity contribution in [1.29, 1.82) is 0 Å². The number of nitrogens with zero attached hydrogens (tertiary/aromatic N) is 3. The molecule has 0 atom stereocenters. The molecule has 31 heavy (non-hydrogen) atoms. The van der Waals surface area contributed by atoms with Crippen LogP contribution in [0.4, 0.5) is 16.2 Å². The van der Waals surface area contributed by atoms with Gasteiger partial charge in [0.25, 0.3) is 11.6 Å². The number of ether oxygens (including phenoxy) is 1. The maximum atomic E-state index is 12.8. The van der Waals surface area contributed by atoms with Crippen molar-refractivity contribution >= 4 is 29.4 Å². The minimum Gasteiger partial charge on any atom is -0.378 e. The minimum absolute atomic E-state index is 0.0367. The molecule has 0 unspecified atom stereocenters. The van der Waals surface area contributed by atoms with E-state index in [1.54, 1.807) is 6.08 Å². The molecule has 0 aromatic heterocycles. The normalized spacial score (nSPS) is 17.9. The fraction of sp³-hybridized carbons (Fsp3) is 0.273. The number of aryl methyl sites for hydroxylation is 1. The molecule has 9 heteroatoms. The van der Waals surface area contributed by atoms with Gasteiger partial charge in [0.2, 0.25) is 0 Å². The van der Waals surface area contributed by atoms with Gasteiger partial charge in [-0.3, -0.25) is 19.8 Å². The number of nitrogens with one attached hydrogen (secondary N) is 1. The van der Waals surface area contributed by atoms with Gasteiger partial charge in [-0.2, -0.15) is 0 Å². The standard InChI is InChI=1S/C22H22N4O5/c1-15-12-19(24-8-10-31-11-9-24)7-4-17(15)13-20-21(27)25(22(28)23-20)14-16-2-5-18(6-3-16)26(29)30/h2-7,12-13H,8-11,14H2,1H3,(H,23,28)/b20-13-. The first-order valence-electron chi connectivity index (χ1n) is 9.93. The Hall–Kier alpha value is -3.72. The topological polar surface area (TPSA) is 105 Å². The van der Waals surface area contributed by atoms with E-state index < -0.39 is 16.9 Å². The maximum absolute atomic E-state index is 12.8. The van der Waals surface area contributed by atoms with E-state index in [4.69, 9.17) is 4.74 Å². The van der Waals surface area contributed by atoms with Gasteiger partial charge in [-0.15, -0.1) is 0 Å². The molecule has 2 aromatic rings. The SMILES string of the molecule is Cc1cc(N2CCOCC2)ccc1/C=C1\NC(=O)N(Cc2ccc([N+](=O)[O-])cc2)C1=O. The molecule has 2 aliphatic heterocycles. The molecule has 2 aromatic carbocycles. The van der Waals surface area contributed by atoms with Crippen LogP contribution in [0, 0.1) is 17.0 Å². The fourth-order valence-electron chi connectivity index (χ4n) is 3.62. The second kappa shape index (κ2) is 8.57. The summed E-state index contributed by atoms with van der Waals surface area (Å²) in [7, 11) is 0. The molecule has 160 valence electrons. The Balaban J connectivity index is 1.49. The number of anilines is 1. The number of imide groups is 1. The van der Waals surface area contributed by atoms with Gasteiger partial charge in [-0.1, -0.05) is 18.2 Å². The van der Waals surface area contributed by atoms with Crippen LogP contribution in [0.5, 0.6) is 0 Å². The third kappa shape index (κ3) is 4.41. The van der Waals surface area contributed by atoms with Gasteiger partial charge < -0.3 is 15.0 Å². The first-order valence-corrected chi connectivity index (χ1v) is 9.93. The van der Waals surface area contributed by atoms with E-state index in [-0.39, 0.29) is 17.9 Å². The highest BCUT2D eigenvalue weighted by atomic mass is 16.6. The van der Waals surface area contributed by atoms with Gasteiger partial charge in [0, 0.05) is 30.9 Å². The van der Waals surface area contributed by atoms with E-state index in [0.717, 1.165) is 34.8 Å². The van der Waals surface area contributed by atoms with Gasteiger partial charge in [-0.25, -0.2) is 4.79 Å². The zero-order chi connectivity index (χ0) is 22.0. The number of benzene rings is 2. The van der Waals surface area contributed by atoms with E-state index >= 15 is 0 Å². The summed E-state index contributed by atoms with van der Waals surface area (Å²) in [6, 6.07) is 11.3. The average Bonchev–Trinajstić information content (AvgIpc) is 3.03. The molecule has 3 amide bonds. The number of non-ortho nitro benzene ring substituents is 1. The molecule has 9 nitrogen and oxygen atoms in total. The van der Waals surface area contributed by atoms with Crippen molar-refractivity contribution < 1.29 is 19.2 Å². The van der Waals surface area contributed by atoms with E-state index in [1.165, 1.54) is 24.3 Å². The molecule has 0 bridgehead atoms. The zero-order valence-corrected chi connectivity index (χ0v) is 17.0. The van der Waals surface area contributed by atoms with Gasteiger partial charge in [0.1, 0.15) is 5.70 Å². The number of nitro benzene ring substituents is 1. The minimum atomic E-state index is -0.516. The number of hydrogen-bond donors (Lipinski definition) is 1. The smallest absolute Gasteiger partial charge is 0.329 e. The number of carbonyl (C=O) groups excluding carboxylic acids is 2. The van der Waals surface area contributed by atoms with Crippen molar-refractivity contribution in [3.8, 4) is 0 Å². The van der Waals surface area contributed by atoms with Gasteiger partial charge in [0.05, 0.1) is 24.7 Å². The third-order valence-electron chi connectivity index (χ3n) is 5.38. The Kier molecular flexibility index (Phi) is 5.68. The monoisotopic (exact) mass is 422 g/mol. The van der Waals surface area contributed by atoms with Gasteiger partial charge >= 0.3 is 6.03 Å². The Morgan fingerprint density at radius 2 is 1.84 bits per heavy atom. The molecule has 2 saturated heterocycles. The lowest BCUT2D eigenvalue weighted by molar-refractivity contribution is -0.384. The summed E-state index contributed by atoms with van der Waals surface area (Å²) in [5, 5.41) is 13.4. The van der Waals surface area contributed by atoms with Crippen molar-refractivity contribution in [1.82, 2.24) is 10.2 Å². The van der Waals surface area contributed by atoms with Crippen molar-refractivity contribution in [2.75, 3.05) is 31.2 Å². The highest BCUT2D eigenvalue weighted by Gasteiger charge is 2.33. The number of carbonyl (C=O) groups is 2. The lowest BCUT2D eigenvalue weighted by Crippen LogP contribution is -2.36. The number of amides is 3. The summed E-state index contributed by atoms with van der Waals surface area (Å²) in [4.78, 5) is 38.7. The van der Waals surface area contributed by atoms with Crippen LogP contribution in [0.3, 0.4) is 0 Å². The summed E-state index contributed by atoms with van der Waals surface area (Å²) in [5.41, 5.74) is 3.72. The van der Waals surface area contributed by atoms with Crippen LogP contribution in [0.1, 0.15) is 16.7 Å². The highest BCUT2D eigenvalue weighted by Crippen LogP contribution is 2.24. The Labute approximate surface area is 179 Å². The summed E-state index contributed by atoms with van der Waals surface area (Å²) in [5.74, 6) is -0.431. The van der Waals surface area contributed by atoms with Crippen LogP contribution >= 0.6 is 0 Å². The zero-order valence-electron chi connectivity index (χ0n) is 17.0. The van der Waals surface area contributed by atoms with Crippen LogP contribution in [0.15, 0.2) is 48.2 Å². The quantitative estimate of drug-likeness (QED) is 0.344. The van der Waals surface area contributed by atoms with Crippen molar-refractivity contribution in [2.45, 2.75) is 13.5 Å². The molecule has 2 fully saturated rings. The van der Waals surface area contributed by atoms with Crippen molar-refractivity contribution in [3.63, 3.8) is 0 Å². The number of nitro groups is 1. The second-order valence-electron chi connectivity index (χ2n) is 7.44. The fourth-order valence-corrected chi connectivity index (χ4v) is 3.62. The largest absolute Gasteiger partial charge is 0.378 e. The number of morpholine rings is 1. The molecule has 4 rings (SSSR count). The Bertz CT molecular complexity index is 1060. The predicted molar refractivity (Wildman–Crippen MR) is 114 cm³/mol. The molecular formula is C22H22N4O5. The molecule has 2 aliphatic rings. The summed E-state index contributed by atoms with van der Waals surface area (Å²) >= 11 is 0. The third-order valence-corrected chi connectivity index (χ3v) is 5.38. The number of urea groups is 1. The summed E-state index contributed by atoms with van der Waals surface area (Å²) in [6.45, 7) is 5.09. The summed E-state index contributed by atoms with van der Waals surface area (Å²) < 4.78 is 5.39. The van der Waals surface area contributed by atoms with Gasteiger partial charge in [-0.05, 0) is 41.8 Å². The van der Waals surface area contributed by atoms with Crippen LogP contribution in [0.25, 0.3) is 6.08 Å². The van der Waals surface area contributed by atoms with E-state index in [9.17, 15) is 19.7 Å². The lowest BCUT2D eigenvalue weighted by Gasteiger charge is -2.29. The lowest BCUT2D eigenvalue weighted by atomic mass is 10.1. The van der Waals surface area contributed by atoms with E-state index in [0.29, 0.717) is 18.8 Å². The molecule has 2 heterocycles. The molecule has 0 spiro atoms. The average molecular weight is 422 g/mol. The Morgan fingerprint density at radius 1 is 1.13 bits per heavy atom. The molecule has 0 radical (unpaired) electrons. The molecular weight excluding hydrogens is 400 g/mol. The number of hydrogen-bond acceptors (Lipinski definition) is 6. The first kappa shape index (κ1) is 20.5. The van der Waals surface area contributed by atoms with Crippen LogP contribution < -0.4 is 10.2 Å². The summed E-state index contributed by atoms with van der Waals surface area (Å²) in [6.07, 6.45) is 1.68. The molecule has 1 N–H and O–H groups in total. The maximum Gasteiger partial charge on any atom is 0.329 e. The van der Waals surface area contributed by atoms with Crippen LogP contribution in [-0.2, 0) is 16.1 Å². The van der Waals surface area contributed by atoms with E-state index in [1.807, 2.05) is 19.1 Å². The molecule has 0 saturated carbocycles. The highest BCUT2D eigenvalue weighted by molar-refractivity contribution is 6.14. The first-order chi connectivity index (χ1) is 14.9. The van der Waals surface area contributed by atoms with Crippen LogP contribution in [0.2, 0.25) is 0 Å². The van der Waals surface area contributed by atoms with Gasteiger partial charge in [0.15, 0.2) is 0 Å². The second-order valence-corrected chi connectivity index (χ2v) is 7.44. The Morgan fingerprint density at radius 3 is 2.48 bits per heavy atom. The predicted octanol–water partition coefficient (Wildman–Crippen LogP) is 2.83. The van der Waals surface area contributed by atoms with Crippen LogP contribution in [-0.4, -0.2) is 48.1 Å². The number of rotatable bonds is 5. The van der Waals surface area contributed by atoms with Crippen molar-refractivity contribution in [2.24, 2.45) is 0 Å². The van der Waals surface area contributed by atoms with E-state index in [2.05, 4.69) is 16.3 Å². The van der Waals surface area contributed by atoms with Crippen molar-refractivity contribution in [3.05, 3.63) is 75.0 Å².